The van der Waals surface area contributed by atoms with E-state index >= 15 is 0 Å². The number of nitrogens with two attached hydrogens (primary N) is 1. The van der Waals surface area contributed by atoms with Crippen molar-refractivity contribution >= 4 is 28.6 Å². The highest BCUT2D eigenvalue weighted by Crippen LogP contribution is 2.14. The van der Waals surface area contributed by atoms with Gasteiger partial charge in [0.05, 0.1) is 6.61 Å². The average molecular weight is 264 g/mol. The first kappa shape index (κ1) is 15.2. The third-order valence-electron chi connectivity index (χ3n) is 1.37. The molecule has 0 aliphatic rings. The van der Waals surface area contributed by atoms with Crippen molar-refractivity contribution in [2.75, 3.05) is 6.61 Å². The lowest BCUT2D eigenvalue weighted by molar-refractivity contribution is 0.0511. The number of hydrogen-bond donors (Lipinski definition) is 1. The molecule has 1 heterocycles. The van der Waals surface area contributed by atoms with Crippen LogP contribution in [0.4, 0.5) is 0 Å². The molecule has 0 aliphatic heterocycles. The molecule has 0 spiro atoms. The maximum atomic E-state index is 11.2. The lowest BCUT2D eigenvalue weighted by atomic mass is 10.3. The lowest BCUT2D eigenvalue weighted by Crippen LogP contribution is -2.03. The lowest BCUT2D eigenvalue weighted by Gasteiger charge is -1.98. The van der Waals surface area contributed by atoms with Gasteiger partial charge in [-0.25, -0.2) is 4.79 Å². The van der Waals surface area contributed by atoms with E-state index in [9.17, 15) is 4.79 Å². The second-order valence-corrected chi connectivity index (χ2v) is 4.32. The Hall–Kier alpha value is -0.760. The van der Waals surface area contributed by atoms with Crippen LogP contribution in [0, 0.1) is 6.92 Å². The van der Waals surface area contributed by atoms with Crippen molar-refractivity contribution in [3.05, 3.63) is 21.9 Å². The van der Waals surface area contributed by atoms with Gasteiger partial charge < -0.3 is 9.29 Å². The van der Waals surface area contributed by atoms with Crippen LogP contribution >= 0.6 is 11.3 Å². The van der Waals surface area contributed by atoms with E-state index < -0.39 is 11.3 Å². The quantitative estimate of drug-likeness (QED) is 0.659. The molecular formula is C9H14NO4S2-. The molecule has 1 aromatic rings. The van der Waals surface area contributed by atoms with Gasteiger partial charge in [-0.2, -0.15) is 0 Å². The molecule has 1 unspecified atom stereocenters. The maximum Gasteiger partial charge on any atom is 0.348 e. The molecule has 1 rings (SSSR count). The second kappa shape index (κ2) is 8.40. The van der Waals surface area contributed by atoms with Gasteiger partial charge in [-0.15, -0.1) is 11.3 Å². The summed E-state index contributed by atoms with van der Waals surface area (Å²) >= 11 is -0.928. The Bertz CT molecular complexity index is 347. The van der Waals surface area contributed by atoms with E-state index in [1.54, 1.807) is 0 Å². The topological polar surface area (TPSA) is 92.5 Å². The fraction of sp³-hybridized carbons (Fsp3) is 0.444. The van der Waals surface area contributed by atoms with Crippen LogP contribution in [-0.4, -0.2) is 21.3 Å². The molecule has 0 saturated heterocycles. The predicted molar refractivity (Wildman–Crippen MR) is 62.7 cm³/mol. The Balaban J connectivity index is 0.000000487. The van der Waals surface area contributed by atoms with Crippen molar-refractivity contribution in [3.8, 4) is 0 Å². The number of rotatable bonds is 3. The molecule has 2 N–H and O–H groups in total. The van der Waals surface area contributed by atoms with Crippen LogP contribution < -0.4 is 5.14 Å². The van der Waals surface area contributed by atoms with Crippen molar-refractivity contribution in [1.29, 1.82) is 0 Å². The first-order chi connectivity index (χ1) is 7.47. The van der Waals surface area contributed by atoms with Crippen LogP contribution in [0.15, 0.2) is 11.4 Å². The number of aryl methyl sites for hydroxylation is 1. The summed E-state index contributed by atoms with van der Waals surface area (Å²) in [4.78, 5) is 11.9. The van der Waals surface area contributed by atoms with E-state index in [1.807, 2.05) is 25.3 Å². The third kappa shape index (κ3) is 7.52. The molecule has 0 aliphatic carbocycles. The zero-order valence-corrected chi connectivity index (χ0v) is 10.7. The van der Waals surface area contributed by atoms with Crippen LogP contribution in [0.3, 0.4) is 0 Å². The Morgan fingerprint density at radius 3 is 2.62 bits per heavy atom. The minimum atomic E-state index is -2.36. The Labute approximate surface area is 101 Å². The van der Waals surface area contributed by atoms with Gasteiger partial charge in [0.15, 0.2) is 0 Å². The SMILES string of the molecule is CCCOC(=O)c1cc(C)cs1.NS(=O)[O-]. The van der Waals surface area contributed by atoms with E-state index in [-0.39, 0.29) is 5.97 Å². The summed E-state index contributed by atoms with van der Waals surface area (Å²) in [5.74, 6) is -0.199. The minimum absolute atomic E-state index is 0.199. The number of ether oxygens (including phenoxy) is 1. The van der Waals surface area contributed by atoms with Crippen molar-refractivity contribution in [2.24, 2.45) is 5.14 Å². The smallest absolute Gasteiger partial charge is 0.348 e. The second-order valence-electron chi connectivity index (χ2n) is 2.88. The third-order valence-corrected chi connectivity index (χ3v) is 2.40. The van der Waals surface area contributed by atoms with Gasteiger partial charge in [-0.1, -0.05) is 6.92 Å². The molecule has 0 radical (unpaired) electrons. The zero-order chi connectivity index (χ0) is 12.6. The molecular weight excluding hydrogens is 250 g/mol. The van der Waals surface area contributed by atoms with E-state index in [4.69, 9.17) is 13.5 Å². The average Bonchev–Trinajstić information content (AvgIpc) is 2.60. The van der Waals surface area contributed by atoms with Crippen LogP contribution in [-0.2, 0) is 16.0 Å². The Morgan fingerprint density at radius 2 is 2.25 bits per heavy atom. The predicted octanol–water partition coefficient (Wildman–Crippen LogP) is 1.36. The molecule has 92 valence electrons. The van der Waals surface area contributed by atoms with Gasteiger partial charge in [0.25, 0.3) is 0 Å². The summed E-state index contributed by atoms with van der Waals surface area (Å²) in [5.41, 5.74) is 1.11. The Morgan fingerprint density at radius 1 is 1.69 bits per heavy atom. The van der Waals surface area contributed by atoms with Crippen LogP contribution in [0.2, 0.25) is 0 Å². The van der Waals surface area contributed by atoms with Gasteiger partial charge in [-0.05, 0) is 30.4 Å². The molecule has 1 aromatic heterocycles. The molecule has 1 atom stereocenters. The van der Waals surface area contributed by atoms with Crippen molar-refractivity contribution in [1.82, 2.24) is 0 Å². The molecule has 0 bridgehead atoms. The molecule has 7 heteroatoms. The summed E-state index contributed by atoms with van der Waals surface area (Å²) in [6.45, 7) is 4.45. The fourth-order valence-electron chi connectivity index (χ4n) is 0.804. The van der Waals surface area contributed by atoms with Gasteiger partial charge >= 0.3 is 5.97 Å². The van der Waals surface area contributed by atoms with Crippen molar-refractivity contribution < 1.29 is 18.3 Å². The van der Waals surface area contributed by atoms with E-state index in [0.29, 0.717) is 11.5 Å². The normalized spacial score (nSPS) is 11.2. The van der Waals surface area contributed by atoms with E-state index in [1.165, 1.54) is 11.3 Å². The minimum Gasteiger partial charge on any atom is -0.760 e. The molecule has 0 saturated carbocycles. The largest absolute Gasteiger partial charge is 0.760 e. The Kier molecular flexibility index (Phi) is 8.00. The first-order valence-electron chi connectivity index (χ1n) is 4.53. The number of thiophene rings is 1. The molecule has 0 fully saturated rings. The highest BCUT2D eigenvalue weighted by molar-refractivity contribution is 7.76. The number of carbonyl (C=O) groups excluding carboxylic acids is 1. The standard InChI is InChI=1S/C9H12O2S.H3NO2S/c1-3-4-11-9(10)8-5-7(2)6-12-8;1-4(2)3/h5-6H,3-4H2,1-2H3;1H2,(H,2,3)/p-1. The zero-order valence-electron chi connectivity index (χ0n) is 9.10. The monoisotopic (exact) mass is 264 g/mol. The molecule has 16 heavy (non-hydrogen) atoms. The highest BCUT2D eigenvalue weighted by Gasteiger charge is 2.07. The molecule has 5 nitrogen and oxygen atoms in total. The summed E-state index contributed by atoms with van der Waals surface area (Å²) < 4.78 is 22.5. The van der Waals surface area contributed by atoms with Gasteiger partial charge in [0.2, 0.25) is 0 Å². The number of esters is 1. The van der Waals surface area contributed by atoms with Crippen LogP contribution in [0.5, 0.6) is 0 Å². The van der Waals surface area contributed by atoms with E-state index in [2.05, 4.69) is 5.14 Å². The van der Waals surface area contributed by atoms with Gasteiger partial charge in [0.1, 0.15) is 4.88 Å². The van der Waals surface area contributed by atoms with Crippen molar-refractivity contribution in [2.45, 2.75) is 20.3 Å². The van der Waals surface area contributed by atoms with E-state index in [0.717, 1.165) is 12.0 Å². The number of hydrogen-bond acceptors (Lipinski definition) is 5. The summed E-state index contributed by atoms with van der Waals surface area (Å²) in [7, 11) is 0. The summed E-state index contributed by atoms with van der Waals surface area (Å²) in [5, 5.41) is 5.97. The van der Waals surface area contributed by atoms with Crippen molar-refractivity contribution in [3.63, 3.8) is 0 Å². The first-order valence-corrected chi connectivity index (χ1v) is 6.55. The molecule has 0 aromatic carbocycles. The molecule has 0 amide bonds. The van der Waals surface area contributed by atoms with Gasteiger partial charge in [-0.3, -0.25) is 9.35 Å². The fourth-order valence-corrected chi connectivity index (χ4v) is 1.59. The van der Waals surface area contributed by atoms with Crippen LogP contribution in [0.25, 0.3) is 0 Å². The van der Waals surface area contributed by atoms with Gasteiger partial charge in [0, 0.05) is 11.3 Å². The summed E-state index contributed by atoms with van der Waals surface area (Å²) in [6, 6.07) is 1.85. The van der Waals surface area contributed by atoms with Crippen LogP contribution in [0.1, 0.15) is 28.6 Å². The highest BCUT2D eigenvalue weighted by atomic mass is 32.2. The maximum absolute atomic E-state index is 11.2. The number of carbonyl (C=O) groups is 1. The summed E-state index contributed by atoms with van der Waals surface area (Å²) in [6.07, 6.45) is 0.871.